The Hall–Kier alpha value is -1.03. The van der Waals surface area contributed by atoms with Gasteiger partial charge in [0.25, 0.3) is 0 Å². The number of hydrogen-bond acceptors (Lipinski definition) is 3. The molecule has 0 unspecified atom stereocenters. The summed E-state index contributed by atoms with van der Waals surface area (Å²) in [7, 11) is 0. The van der Waals surface area contributed by atoms with Crippen LogP contribution in [0.5, 0.6) is 0 Å². The molecule has 19 heavy (non-hydrogen) atoms. The summed E-state index contributed by atoms with van der Waals surface area (Å²) in [4.78, 5) is 7.06. The van der Waals surface area contributed by atoms with E-state index in [0.29, 0.717) is 6.04 Å². The van der Waals surface area contributed by atoms with Crippen molar-refractivity contribution >= 4 is 5.95 Å². The van der Waals surface area contributed by atoms with E-state index in [9.17, 15) is 0 Å². The fourth-order valence-corrected chi connectivity index (χ4v) is 3.31. The second kappa shape index (κ2) is 6.42. The van der Waals surface area contributed by atoms with E-state index in [2.05, 4.69) is 26.0 Å². The Morgan fingerprint density at radius 1 is 1.05 bits per heavy atom. The molecule has 2 heterocycles. The van der Waals surface area contributed by atoms with Gasteiger partial charge in [-0.2, -0.15) is 0 Å². The molecule has 1 N–H and O–H groups in total. The maximum absolute atomic E-state index is 4.48. The quantitative estimate of drug-likeness (QED) is 0.885. The average Bonchev–Trinajstić information content (AvgIpc) is 3.10. The molecule has 2 aliphatic rings. The molecule has 106 valence electrons. The molecule has 1 aliphatic carbocycles. The van der Waals surface area contributed by atoms with Crippen LogP contribution in [0.1, 0.15) is 44.9 Å². The summed E-state index contributed by atoms with van der Waals surface area (Å²) in [6.45, 7) is 4.78. The third kappa shape index (κ3) is 3.50. The predicted octanol–water partition coefficient (Wildman–Crippen LogP) is 2.72. The third-order valence-electron chi connectivity index (χ3n) is 4.51. The highest BCUT2D eigenvalue weighted by molar-refractivity contribution is 5.27. The van der Waals surface area contributed by atoms with Gasteiger partial charge in [0.15, 0.2) is 0 Å². The maximum atomic E-state index is 4.48. The normalized spacial score (nSPS) is 21.9. The first-order chi connectivity index (χ1) is 9.42. The highest BCUT2D eigenvalue weighted by Gasteiger charge is 2.17. The van der Waals surface area contributed by atoms with Crippen molar-refractivity contribution in [3.63, 3.8) is 0 Å². The summed E-state index contributed by atoms with van der Waals surface area (Å²) in [5.41, 5.74) is 0. The lowest BCUT2D eigenvalue weighted by Gasteiger charge is -2.26. The van der Waals surface area contributed by atoms with Crippen LogP contribution in [-0.2, 0) is 6.54 Å². The number of aromatic nitrogens is 2. The third-order valence-corrected chi connectivity index (χ3v) is 4.51. The Morgan fingerprint density at radius 2 is 1.84 bits per heavy atom. The standard InChI is InChI=1S/C15H26N4/c1-4-9-18(10-5-1)12-13-19-11-8-16-15(19)17-14-6-2-3-7-14/h8,11,14H,1-7,9-10,12-13H2,(H,16,17). The van der Waals surface area contributed by atoms with Crippen LogP contribution in [0.4, 0.5) is 5.95 Å². The molecule has 2 fully saturated rings. The van der Waals surface area contributed by atoms with Gasteiger partial charge in [0, 0.05) is 31.5 Å². The Balaban J connectivity index is 1.51. The maximum Gasteiger partial charge on any atom is 0.203 e. The molecule has 0 aromatic carbocycles. The van der Waals surface area contributed by atoms with Crippen molar-refractivity contribution in [3.8, 4) is 0 Å². The zero-order valence-corrected chi connectivity index (χ0v) is 11.9. The smallest absolute Gasteiger partial charge is 0.203 e. The summed E-state index contributed by atoms with van der Waals surface area (Å²) in [6.07, 6.45) is 13.5. The van der Waals surface area contributed by atoms with Crippen molar-refractivity contribution in [2.75, 3.05) is 25.0 Å². The number of hydrogen-bond donors (Lipinski definition) is 1. The highest BCUT2D eigenvalue weighted by Crippen LogP contribution is 2.21. The molecule has 1 saturated heterocycles. The van der Waals surface area contributed by atoms with Crippen LogP contribution in [0, 0.1) is 0 Å². The van der Waals surface area contributed by atoms with Crippen molar-refractivity contribution in [1.29, 1.82) is 0 Å². The number of nitrogens with zero attached hydrogens (tertiary/aromatic N) is 3. The summed E-state index contributed by atoms with van der Waals surface area (Å²) >= 11 is 0. The predicted molar refractivity (Wildman–Crippen MR) is 78.4 cm³/mol. The van der Waals surface area contributed by atoms with Gasteiger partial charge in [0.2, 0.25) is 5.95 Å². The highest BCUT2D eigenvalue weighted by atomic mass is 15.2. The minimum Gasteiger partial charge on any atom is -0.353 e. The average molecular weight is 262 g/mol. The number of piperidine rings is 1. The molecular weight excluding hydrogens is 236 g/mol. The number of anilines is 1. The first-order valence-electron chi connectivity index (χ1n) is 7.92. The van der Waals surface area contributed by atoms with E-state index in [4.69, 9.17) is 0 Å². The largest absolute Gasteiger partial charge is 0.353 e. The second-order valence-electron chi connectivity index (χ2n) is 5.97. The van der Waals surface area contributed by atoms with Gasteiger partial charge in [-0.3, -0.25) is 0 Å². The lowest BCUT2D eigenvalue weighted by atomic mass is 10.1. The zero-order chi connectivity index (χ0) is 12.9. The van der Waals surface area contributed by atoms with Crippen LogP contribution in [0.25, 0.3) is 0 Å². The van der Waals surface area contributed by atoms with E-state index < -0.39 is 0 Å². The van der Waals surface area contributed by atoms with E-state index in [1.165, 1.54) is 58.0 Å². The molecule has 4 nitrogen and oxygen atoms in total. The molecule has 0 spiro atoms. The van der Waals surface area contributed by atoms with Crippen molar-refractivity contribution in [3.05, 3.63) is 12.4 Å². The van der Waals surface area contributed by atoms with Crippen LogP contribution in [0.15, 0.2) is 12.4 Å². The number of imidazole rings is 1. The first-order valence-corrected chi connectivity index (χ1v) is 7.92. The van der Waals surface area contributed by atoms with E-state index in [-0.39, 0.29) is 0 Å². The molecule has 0 radical (unpaired) electrons. The zero-order valence-electron chi connectivity index (χ0n) is 11.9. The van der Waals surface area contributed by atoms with E-state index >= 15 is 0 Å². The van der Waals surface area contributed by atoms with Crippen LogP contribution in [0.2, 0.25) is 0 Å². The number of nitrogens with one attached hydrogen (secondary N) is 1. The van der Waals surface area contributed by atoms with Gasteiger partial charge in [0.1, 0.15) is 0 Å². The molecule has 1 aromatic heterocycles. The summed E-state index contributed by atoms with van der Waals surface area (Å²) < 4.78 is 2.28. The molecular formula is C15H26N4. The summed E-state index contributed by atoms with van der Waals surface area (Å²) in [5.74, 6) is 1.07. The van der Waals surface area contributed by atoms with Crippen LogP contribution in [-0.4, -0.2) is 40.1 Å². The minimum atomic E-state index is 0.649. The molecule has 4 heteroatoms. The van der Waals surface area contributed by atoms with E-state index in [0.717, 1.165) is 19.0 Å². The Labute approximate surface area is 116 Å². The van der Waals surface area contributed by atoms with Gasteiger partial charge in [-0.15, -0.1) is 0 Å². The van der Waals surface area contributed by atoms with Crippen LogP contribution < -0.4 is 5.32 Å². The van der Waals surface area contributed by atoms with Crippen molar-refractivity contribution < 1.29 is 0 Å². The van der Waals surface area contributed by atoms with Gasteiger partial charge >= 0.3 is 0 Å². The number of rotatable bonds is 5. The first kappa shape index (κ1) is 13.0. The number of likely N-dealkylation sites (tertiary alicyclic amines) is 1. The molecule has 0 bridgehead atoms. The van der Waals surface area contributed by atoms with Gasteiger partial charge < -0.3 is 14.8 Å². The van der Waals surface area contributed by atoms with Crippen molar-refractivity contribution in [2.45, 2.75) is 57.5 Å². The van der Waals surface area contributed by atoms with Crippen LogP contribution >= 0.6 is 0 Å². The molecule has 3 rings (SSSR count). The van der Waals surface area contributed by atoms with Crippen molar-refractivity contribution in [1.82, 2.24) is 14.5 Å². The van der Waals surface area contributed by atoms with Crippen molar-refractivity contribution in [2.24, 2.45) is 0 Å². The fourth-order valence-electron chi connectivity index (χ4n) is 3.31. The lowest BCUT2D eigenvalue weighted by Crippen LogP contribution is -2.32. The SMILES string of the molecule is c1cn(CCN2CCCCC2)c(NC2CCCC2)n1. The topological polar surface area (TPSA) is 33.1 Å². The van der Waals surface area contributed by atoms with E-state index in [1.807, 2.05) is 6.20 Å². The molecule has 1 aromatic rings. The molecule has 1 saturated carbocycles. The monoisotopic (exact) mass is 262 g/mol. The molecule has 0 atom stereocenters. The molecule has 0 amide bonds. The lowest BCUT2D eigenvalue weighted by molar-refractivity contribution is 0.221. The Bertz CT molecular complexity index is 375. The van der Waals surface area contributed by atoms with E-state index in [1.54, 1.807) is 0 Å². The van der Waals surface area contributed by atoms with Gasteiger partial charge in [-0.25, -0.2) is 4.98 Å². The fraction of sp³-hybridized carbons (Fsp3) is 0.800. The Morgan fingerprint density at radius 3 is 2.63 bits per heavy atom. The molecule has 1 aliphatic heterocycles. The van der Waals surface area contributed by atoms with Gasteiger partial charge in [-0.05, 0) is 38.8 Å². The minimum absolute atomic E-state index is 0.649. The second-order valence-corrected chi connectivity index (χ2v) is 5.97. The summed E-state index contributed by atoms with van der Waals surface area (Å²) in [5, 5.41) is 3.61. The van der Waals surface area contributed by atoms with Gasteiger partial charge in [0.05, 0.1) is 0 Å². The van der Waals surface area contributed by atoms with Crippen LogP contribution in [0.3, 0.4) is 0 Å². The van der Waals surface area contributed by atoms with Gasteiger partial charge in [-0.1, -0.05) is 19.3 Å². The summed E-state index contributed by atoms with van der Waals surface area (Å²) in [6, 6.07) is 0.649. The Kier molecular flexibility index (Phi) is 4.38.